The molecule has 2 aromatic rings. The molecule has 0 bridgehead atoms. The number of ketones is 1. The lowest BCUT2D eigenvalue weighted by molar-refractivity contribution is -0.108. The Labute approximate surface area is 180 Å². The summed E-state index contributed by atoms with van der Waals surface area (Å²) in [6.45, 7) is 12.3. The number of H-pyrrole nitrogens is 1. The van der Waals surface area contributed by atoms with Gasteiger partial charge in [-0.15, -0.1) is 0 Å². The smallest absolute Gasteiger partial charge is 0.465 e. The summed E-state index contributed by atoms with van der Waals surface area (Å²) in [7, 11) is -4.42. The number of benzene rings is 1. The third-order valence-electron chi connectivity index (χ3n) is 3.43. The van der Waals surface area contributed by atoms with Gasteiger partial charge in [-0.1, -0.05) is 18.2 Å². The summed E-state index contributed by atoms with van der Waals surface area (Å²) >= 11 is 5.16. The van der Waals surface area contributed by atoms with E-state index in [1.165, 1.54) is 6.20 Å². The van der Waals surface area contributed by atoms with Crippen LogP contribution < -0.4 is 0 Å². The average molecular weight is 479 g/mol. The Morgan fingerprint density at radius 2 is 1.67 bits per heavy atom. The van der Waals surface area contributed by atoms with Gasteiger partial charge in [-0.2, -0.15) is 13.2 Å². The first-order valence-electron chi connectivity index (χ1n) is 9.09. The highest BCUT2D eigenvalue weighted by Gasteiger charge is 2.41. The normalized spacial score (nSPS) is 13.0. The quantitative estimate of drug-likeness (QED) is 0.145. The van der Waals surface area contributed by atoms with Gasteiger partial charge in [0.05, 0.1) is 5.56 Å². The van der Waals surface area contributed by atoms with E-state index in [0.717, 1.165) is 16.5 Å². The molecule has 30 heavy (non-hydrogen) atoms. The molecule has 0 fully saturated rings. The standard InChI is InChI=1S/C11H8ClNO2.C8H18F3NOSi2/c1-6-3-2-4-7-8(5-13-9(6)7)10(14)11(12)15;1-14(2,3)12-7(8(9,10)11)13-15(4,5)6/h2-5,13H,1H3;1-6H3. The van der Waals surface area contributed by atoms with Crippen LogP contribution in [0.1, 0.15) is 15.9 Å². The molecule has 11 heteroatoms. The molecule has 0 spiro atoms. The molecular weight excluding hydrogens is 453 g/mol. The lowest BCUT2D eigenvalue weighted by Gasteiger charge is -2.24. The Morgan fingerprint density at radius 1 is 1.10 bits per heavy atom. The van der Waals surface area contributed by atoms with E-state index in [2.05, 4.69) is 9.64 Å². The summed E-state index contributed by atoms with van der Waals surface area (Å²) in [6.07, 6.45) is -2.96. The number of aromatic amines is 1. The number of alkyl halides is 3. The van der Waals surface area contributed by atoms with Crippen LogP contribution in [0.4, 0.5) is 13.2 Å². The minimum Gasteiger partial charge on any atom is -0.529 e. The van der Waals surface area contributed by atoms with Gasteiger partial charge in [0.1, 0.15) is 0 Å². The molecule has 0 aliphatic carbocycles. The first-order valence-corrected chi connectivity index (χ1v) is 16.3. The maximum atomic E-state index is 12.6. The van der Waals surface area contributed by atoms with Crippen LogP contribution in [0.2, 0.25) is 39.3 Å². The SMILES string of the molecule is C[Si](C)(C)N=C(O[Si](C)(C)C)C(F)(F)F.Cc1cccc2c(C(=O)C(=O)Cl)c[nH]c12. The van der Waals surface area contributed by atoms with E-state index in [9.17, 15) is 22.8 Å². The molecule has 2 rings (SSSR count). The second-order valence-electron chi connectivity index (χ2n) is 8.60. The number of hydrogen-bond donors (Lipinski definition) is 1. The van der Waals surface area contributed by atoms with E-state index in [4.69, 9.17) is 16.0 Å². The van der Waals surface area contributed by atoms with Crippen molar-refractivity contribution in [2.45, 2.75) is 52.4 Å². The van der Waals surface area contributed by atoms with Gasteiger partial charge in [-0.05, 0) is 63.4 Å². The minimum atomic E-state index is -4.47. The molecule has 0 aliphatic heterocycles. The van der Waals surface area contributed by atoms with Crippen LogP contribution in [0.5, 0.6) is 0 Å². The maximum Gasteiger partial charge on any atom is 0.465 e. The predicted octanol–water partition coefficient (Wildman–Crippen LogP) is 6.06. The third-order valence-corrected chi connectivity index (χ3v) is 5.28. The second kappa shape index (κ2) is 9.48. The summed E-state index contributed by atoms with van der Waals surface area (Å²) in [5, 5.41) is -0.230. The van der Waals surface area contributed by atoms with Crippen LogP contribution in [0, 0.1) is 6.92 Å². The third kappa shape index (κ3) is 8.07. The van der Waals surface area contributed by atoms with Crippen LogP contribution in [-0.4, -0.2) is 44.6 Å². The molecular formula is C19H26ClF3N2O3Si2. The average Bonchev–Trinajstić information content (AvgIpc) is 2.96. The number of fused-ring (bicyclic) bond motifs is 1. The molecule has 1 N–H and O–H groups in total. The molecule has 1 heterocycles. The van der Waals surface area contributed by atoms with Gasteiger partial charge in [0.15, 0.2) is 8.24 Å². The topological polar surface area (TPSA) is 71.5 Å². The largest absolute Gasteiger partial charge is 0.529 e. The fourth-order valence-corrected chi connectivity index (χ4v) is 4.05. The van der Waals surface area contributed by atoms with Crippen LogP contribution in [0.25, 0.3) is 10.9 Å². The Morgan fingerprint density at radius 3 is 2.10 bits per heavy atom. The van der Waals surface area contributed by atoms with Gasteiger partial charge in [-0.3, -0.25) is 14.2 Å². The Bertz CT molecular complexity index is 959. The Kier molecular flexibility index (Phi) is 8.26. The summed E-state index contributed by atoms with van der Waals surface area (Å²) < 4.78 is 46.4. The fraction of sp³-hybridized carbons (Fsp3) is 0.421. The first-order chi connectivity index (χ1) is 13.4. The summed E-state index contributed by atoms with van der Waals surface area (Å²) in [4.78, 5) is 25.2. The van der Waals surface area contributed by atoms with Gasteiger partial charge in [-0.25, -0.2) is 0 Å². The maximum absolute atomic E-state index is 12.6. The Balaban J connectivity index is 0.000000300. The summed E-state index contributed by atoms with van der Waals surface area (Å²) in [6, 6.07) is 5.54. The van der Waals surface area contributed by atoms with Gasteiger partial charge in [0, 0.05) is 17.1 Å². The van der Waals surface area contributed by atoms with Gasteiger partial charge in [0.25, 0.3) is 11.1 Å². The van der Waals surface area contributed by atoms with Crippen molar-refractivity contribution in [3.8, 4) is 0 Å². The highest BCUT2D eigenvalue weighted by molar-refractivity contribution is 6.83. The molecule has 0 amide bonds. The lowest BCUT2D eigenvalue weighted by atomic mass is 10.1. The number of rotatable bonds is 4. The van der Waals surface area contributed by atoms with Crippen molar-refractivity contribution >= 4 is 56.0 Å². The van der Waals surface area contributed by atoms with Crippen molar-refractivity contribution in [2.75, 3.05) is 0 Å². The molecule has 0 unspecified atom stereocenters. The number of carbonyl (C=O) groups excluding carboxylic acids is 2. The molecule has 0 saturated carbocycles. The van der Waals surface area contributed by atoms with Crippen molar-refractivity contribution in [3.05, 3.63) is 35.5 Å². The van der Waals surface area contributed by atoms with Gasteiger partial charge >= 0.3 is 6.18 Å². The number of Topliss-reactive ketones (excluding diaryl/α,β-unsaturated/α-hetero) is 1. The van der Waals surface area contributed by atoms with Crippen LogP contribution in [0.3, 0.4) is 0 Å². The zero-order valence-electron chi connectivity index (χ0n) is 18.0. The van der Waals surface area contributed by atoms with E-state index >= 15 is 0 Å². The monoisotopic (exact) mass is 478 g/mol. The minimum absolute atomic E-state index is 0.328. The number of halogens is 4. The first kappa shape index (κ1) is 26.1. The van der Waals surface area contributed by atoms with Gasteiger partial charge in [0.2, 0.25) is 14.1 Å². The highest BCUT2D eigenvalue weighted by atomic mass is 35.5. The number of aromatic nitrogens is 1. The molecule has 0 atom stereocenters. The van der Waals surface area contributed by atoms with E-state index in [-0.39, 0.29) is 0 Å². The molecule has 0 aliphatic rings. The molecule has 166 valence electrons. The molecule has 1 aromatic carbocycles. The molecule has 5 nitrogen and oxygen atoms in total. The summed E-state index contributed by atoms with van der Waals surface area (Å²) in [5.74, 6) is -1.71. The van der Waals surface area contributed by atoms with Crippen LogP contribution in [-0.2, 0) is 9.22 Å². The van der Waals surface area contributed by atoms with E-state index < -0.39 is 39.7 Å². The molecule has 0 radical (unpaired) electrons. The number of nitrogens with zero attached hydrogens (tertiary/aromatic N) is 1. The number of aryl methyl sites for hydroxylation is 1. The number of hydrogen-bond acceptors (Lipinski definition) is 4. The van der Waals surface area contributed by atoms with E-state index in [1.54, 1.807) is 45.3 Å². The second-order valence-corrected chi connectivity index (χ2v) is 17.9. The summed E-state index contributed by atoms with van der Waals surface area (Å²) in [5.41, 5.74) is 2.21. The highest BCUT2D eigenvalue weighted by Crippen LogP contribution is 2.23. The fourth-order valence-electron chi connectivity index (χ4n) is 2.34. The number of nitrogens with one attached hydrogen (secondary N) is 1. The predicted molar refractivity (Wildman–Crippen MR) is 119 cm³/mol. The number of carbonyl (C=O) groups is 2. The van der Waals surface area contributed by atoms with Gasteiger partial charge < -0.3 is 9.41 Å². The van der Waals surface area contributed by atoms with Crippen molar-refractivity contribution in [3.63, 3.8) is 0 Å². The van der Waals surface area contributed by atoms with Crippen molar-refractivity contribution < 1.29 is 27.2 Å². The van der Waals surface area contributed by atoms with Crippen molar-refractivity contribution in [1.82, 2.24) is 4.98 Å². The zero-order valence-corrected chi connectivity index (χ0v) is 20.7. The van der Waals surface area contributed by atoms with Crippen LogP contribution >= 0.6 is 11.6 Å². The lowest BCUT2D eigenvalue weighted by Crippen LogP contribution is -2.39. The Hall–Kier alpha value is -1.92. The van der Waals surface area contributed by atoms with E-state index in [1.807, 2.05) is 19.1 Å². The molecule has 1 aromatic heterocycles. The van der Waals surface area contributed by atoms with E-state index in [0.29, 0.717) is 5.56 Å². The molecule has 0 saturated heterocycles. The zero-order chi connectivity index (χ0) is 23.5. The number of para-hydroxylation sites is 1. The van der Waals surface area contributed by atoms with Crippen molar-refractivity contribution in [2.24, 2.45) is 4.66 Å². The van der Waals surface area contributed by atoms with Crippen molar-refractivity contribution in [1.29, 1.82) is 0 Å². The van der Waals surface area contributed by atoms with Crippen LogP contribution in [0.15, 0.2) is 29.1 Å².